The minimum atomic E-state index is 0.0806. The molecule has 1 saturated carbocycles. The van der Waals surface area contributed by atoms with Crippen LogP contribution in [0.25, 0.3) is 0 Å². The number of nitrogens with one attached hydrogen (secondary N) is 1. The van der Waals surface area contributed by atoms with Gasteiger partial charge in [-0.3, -0.25) is 5.32 Å². The molecule has 0 unspecified atom stereocenters. The molecule has 1 aliphatic carbocycles. The maximum atomic E-state index is 4.52. The summed E-state index contributed by atoms with van der Waals surface area (Å²) in [5.74, 6) is 0. The Bertz CT molecular complexity index is 503. The fourth-order valence-electron chi connectivity index (χ4n) is 2.53. The molecular formula is C12H14BrN3S2. The van der Waals surface area contributed by atoms with E-state index < -0.39 is 0 Å². The van der Waals surface area contributed by atoms with Gasteiger partial charge in [0.15, 0.2) is 0 Å². The molecule has 1 N–H and O–H groups in total. The molecule has 0 aromatic carbocycles. The van der Waals surface area contributed by atoms with Crippen LogP contribution in [-0.2, 0) is 12.1 Å². The van der Waals surface area contributed by atoms with E-state index in [0.717, 1.165) is 16.0 Å². The van der Waals surface area contributed by atoms with Crippen LogP contribution in [0.2, 0.25) is 0 Å². The smallest absolute Gasteiger partial charge is 0.113 e. The van der Waals surface area contributed by atoms with Crippen LogP contribution in [0.1, 0.15) is 36.4 Å². The highest BCUT2D eigenvalue weighted by molar-refractivity contribution is 9.11. The normalized spacial score (nSPS) is 18.3. The van der Waals surface area contributed by atoms with Gasteiger partial charge in [0, 0.05) is 18.1 Å². The topological polar surface area (TPSA) is 37.8 Å². The number of rotatable bonds is 4. The summed E-state index contributed by atoms with van der Waals surface area (Å²) in [5, 5.41) is 7.00. The highest BCUT2D eigenvalue weighted by atomic mass is 79.9. The van der Waals surface area contributed by atoms with Gasteiger partial charge in [-0.25, -0.2) is 9.97 Å². The first-order chi connectivity index (χ1) is 8.80. The molecule has 0 spiro atoms. The minimum absolute atomic E-state index is 0.0806. The summed E-state index contributed by atoms with van der Waals surface area (Å²) < 4.78 is 1.13. The summed E-state index contributed by atoms with van der Waals surface area (Å²) in [6.45, 7) is 0.809. The first-order valence-electron chi connectivity index (χ1n) is 6.03. The third-order valence-electron chi connectivity index (χ3n) is 3.48. The van der Waals surface area contributed by atoms with Crippen LogP contribution in [0.15, 0.2) is 20.9 Å². The average molecular weight is 344 g/mol. The molecule has 1 aliphatic rings. The highest BCUT2D eigenvalue weighted by Crippen LogP contribution is 2.40. The van der Waals surface area contributed by atoms with Crippen molar-refractivity contribution in [2.24, 2.45) is 0 Å². The molecule has 2 aromatic rings. The van der Waals surface area contributed by atoms with Gasteiger partial charge in [0.25, 0.3) is 0 Å². The Morgan fingerprint density at radius 1 is 1.28 bits per heavy atom. The van der Waals surface area contributed by atoms with Crippen LogP contribution in [-0.4, -0.2) is 9.97 Å². The molecule has 2 aromatic heterocycles. The second-order valence-electron chi connectivity index (χ2n) is 4.55. The van der Waals surface area contributed by atoms with E-state index in [-0.39, 0.29) is 5.54 Å². The molecule has 0 bridgehead atoms. The Labute approximate surface area is 123 Å². The molecule has 2 heterocycles. The van der Waals surface area contributed by atoms with Crippen LogP contribution >= 0.6 is 38.6 Å². The van der Waals surface area contributed by atoms with E-state index in [9.17, 15) is 0 Å². The lowest BCUT2D eigenvalue weighted by atomic mass is 9.98. The molecule has 0 amide bonds. The van der Waals surface area contributed by atoms with Crippen molar-refractivity contribution in [2.75, 3.05) is 0 Å². The van der Waals surface area contributed by atoms with Gasteiger partial charge in [0.05, 0.1) is 20.5 Å². The van der Waals surface area contributed by atoms with Crippen molar-refractivity contribution < 1.29 is 0 Å². The maximum absolute atomic E-state index is 4.52. The standard InChI is InChI=1S/C12H14BrN3S2/c13-10-9(15-8-18-10)7-16-12(3-1-2-4-12)11-14-5-6-17-11/h5-6,8,16H,1-4,7H2. The van der Waals surface area contributed by atoms with Crippen molar-refractivity contribution in [3.63, 3.8) is 0 Å². The lowest BCUT2D eigenvalue weighted by molar-refractivity contribution is 0.335. The summed E-state index contributed by atoms with van der Waals surface area (Å²) in [4.78, 5) is 8.90. The average Bonchev–Trinajstić information content (AvgIpc) is 3.09. The molecular weight excluding hydrogens is 330 g/mol. The van der Waals surface area contributed by atoms with E-state index in [2.05, 4.69) is 36.6 Å². The largest absolute Gasteiger partial charge is 0.300 e. The Morgan fingerprint density at radius 3 is 2.72 bits per heavy atom. The van der Waals surface area contributed by atoms with Gasteiger partial charge >= 0.3 is 0 Å². The number of hydrogen-bond acceptors (Lipinski definition) is 5. The minimum Gasteiger partial charge on any atom is -0.300 e. The van der Waals surface area contributed by atoms with Crippen molar-refractivity contribution in [3.05, 3.63) is 31.6 Å². The van der Waals surface area contributed by atoms with E-state index in [1.807, 2.05) is 11.7 Å². The summed E-state index contributed by atoms with van der Waals surface area (Å²) >= 11 is 6.94. The predicted octanol–water partition coefficient (Wildman–Crippen LogP) is 3.92. The molecule has 3 rings (SSSR count). The van der Waals surface area contributed by atoms with Gasteiger partial charge in [-0.15, -0.1) is 22.7 Å². The number of halogens is 1. The first-order valence-corrected chi connectivity index (χ1v) is 8.58. The fraction of sp³-hybridized carbons (Fsp3) is 0.500. The summed E-state index contributed by atoms with van der Waals surface area (Å²) in [6, 6.07) is 0. The summed E-state index contributed by atoms with van der Waals surface area (Å²) in [5.41, 5.74) is 3.06. The number of nitrogens with zero attached hydrogens (tertiary/aromatic N) is 2. The second kappa shape index (κ2) is 5.36. The van der Waals surface area contributed by atoms with E-state index >= 15 is 0 Å². The van der Waals surface area contributed by atoms with Gasteiger partial charge in [-0.2, -0.15) is 0 Å². The van der Waals surface area contributed by atoms with Crippen molar-refractivity contribution >= 4 is 38.6 Å². The Kier molecular flexibility index (Phi) is 3.79. The van der Waals surface area contributed by atoms with Crippen molar-refractivity contribution in [1.29, 1.82) is 0 Å². The summed E-state index contributed by atoms with van der Waals surface area (Å²) in [6.07, 6.45) is 6.83. The molecule has 1 fully saturated rings. The lowest BCUT2D eigenvalue weighted by Gasteiger charge is -2.28. The van der Waals surface area contributed by atoms with Gasteiger partial charge < -0.3 is 0 Å². The third-order valence-corrected chi connectivity index (χ3v) is 6.13. The molecule has 3 nitrogen and oxygen atoms in total. The maximum Gasteiger partial charge on any atom is 0.113 e. The predicted molar refractivity (Wildman–Crippen MR) is 78.9 cm³/mol. The zero-order chi connectivity index (χ0) is 12.4. The molecule has 0 aliphatic heterocycles. The molecule has 6 heteroatoms. The van der Waals surface area contributed by atoms with E-state index in [1.165, 1.54) is 30.7 Å². The highest BCUT2D eigenvalue weighted by Gasteiger charge is 2.37. The number of aromatic nitrogens is 2. The van der Waals surface area contributed by atoms with Gasteiger partial charge in [0.1, 0.15) is 5.01 Å². The summed E-state index contributed by atoms with van der Waals surface area (Å²) in [7, 11) is 0. The zero-order valence-electron chi connectivity index (χ0n) is 9.86. The molecule has 0 radical (unpaired) electrons. The zero-order valence-corrected chi connectivity index (χ0v) is 13.1. The first kappa shape index (κ1) is 12.7. The Hall–Kier alpha value is -0.300. The Balaban J connectivity index is 1.77. The molecule has 0 atom stereocenters. The quantitative estimate of drug-likeness (QED) is 0.914. The van der Waals surface area contributed by atoms with E-state index in [1.54, 1.807) is 22.7 Å². The third kappa shape index (κ3) is 2.39. The van der Waals surface area contributed by atoms with Crippen LogP contribution in [0.3, 0.4) is 0 Å². The second-order valence-corrected chi connectivity index (χ2v) is 7.62. The van der Waals surface area contributed by atoms with Crippen molar-refractivity contribution in [2.45, 2.75) is 37.8 Å². The Morgan fingerprint density at radius 2 is 2.11 bits per heavy atom. The van der Waals surface area contributed by atoms with Crippen LogP contribution in [0, 0.1) is 0 Å². The molecule has 0 saturated heterocycles. The monoisotopic (exact) mass is 343 g/mol. The van der Waals surface area contributed by atoms with Gasteiger partial charge in [-0.1, -0.05) is 12.8 Å². The SMILES string of the molecule is Brc1scnc1CNC1(c2nccs2)CCCC1. The van der Waals surface area contributed by atoms with Crippen LogP contribution < -0.4 is 5.32 Å². The molecule has 96 valence electrons. The number of hydrogen-bond donors (Lipinski definition) is 1. The fourth-order valence-corrected chi connectivity index (χ4v) is 4.43. The lowest BCUT2D eigenvalue weighted by Crippen LogP contribution is -2.39. The van der Waals surface area contributed by atoms with Crippen molar-refractivity contribution in [1.82, 2.24) is 15.3 Å². The van der Waals surface area contributed by atoms with Crippen LogP contribution in [0.4, 0.5) is 0 Å². The van der Waals surface area contributed by atoms with Gasteiger partial charge in [-0.05, 0) is 28.8 Å². The molecule has 18 heavy (non-hydrogen) atoms. The van der Waals surface area contributed by atoms with E-state index in [4.69, 9.17) is 0 Å². The van der Waals surface area contributed by atoms with E-state index in [0.29, 0.717) is 0 Å². The van der Waals surface area contributed by atoms with Crippen LogP contribution in [0.5, 0.6) is 0 Å². The van der Waals surface area contributed by atoms with Gasteiger partial charge in [0.2, 0.25) is 0 Å². The number of thiazole rings is 2. The van der Waals surface area contributed by atoms with Crippen molar-refractivity contribution in [3.8, 4) is 0 Å².